The fourth-order valence-corrected chi connectivity index (χ4v) is 2.83. The monoisotopic (exact) mass is 353 g/mol. The maximum Gasteiger partial charge on any atom is 0.410 e. The van der Waals surface area contributed by atoms with Gasteiger partial charge in [0, 0.05) is 24.7 Å². The van der Waals surface area contributed by atoms with Crippen LogP contribution in [0, 0.1) is 0 Å². The van der Waals surface area contributed by atoms with E-state index >= 15 is 0 Å². The number of aryl methyl sites for hydroxylation is 1. The van der Waals surface area contributed by atoms with Crippen molar-refractivity contribution in [3.8, 4) is 0 Å². The second kappa shape index (κ2) is 8.72. The first kappa shape index (κ1) is 19.1. The second-order valence-electron chi connectivity index (χ2n) is 7.27. The van der Waals surface area contributed by atoms with E-state index in [4.69, 9.17) is 21.1 Å². The van der Waals surface area contributed by atoms with Crippen LogP contribution in [0.5, 0.6) is 0 Å². The number of halogens is 1. The van der Waals surface area contributed by atoms with Crippen LogP contribution >= 0.6 is 11.6 Å². The Labute approximate surface area is 150 Å². The highest BCUT2D eigenvalue weighted by Crippen LogP contribution is 2.18. The van der Waals surface area contributed by atoms with Gasteiger partial charge in [-0.25, -0.2) is 4.79 Å². The van der Waals surface area contributed by atoms with Crippen molar-refractivity contribution in [2.75, 3.05) is 19.7 Å². The van der Waals surface area contributed by atoms with Crippen molar-refractivity contribution in [3.05, 3.63) is 34.9 Å². The molecule has 0 bridgehead atoms. The molecule has 1 aromatic rings. The fourth-order valence-electron chi connectivity index (χ4n) is 2.71. The Morgan fingerprint density at radius 3 is 2.42 bits per heavy atom. The smallest absolute Gasteiger partial charge is 0.410 e. The van der Waals surface area contributed by atoms with E-state index in [1.165, 1.54) is 5.56 Å². The lowest BCUT2D eigenvalue weighted by Gasteiger charge is -2.33. The minimum atomic E-state index is -0.438. The Bertz CT molecular complexity index is 516. The lowest BCUT2D eigenvalue weighted by Crippen LogP contribution is -2.43. The Hall–Kier alpha value is -1.26. The maximum absolute atomic E-state index is 12.0. The summed E-state index contributed by atoms with van der Waals surface area (Å²) in [7, 11) is 0. The van der Waals surface area contributed by atoms with Crippen LogP contribution in [0.3, 0.4) is 0 Å². The number of piperidine rings is 1. The molecule has 0 unspecified atom stereocenters. The lowest BCUT2D eigenvalue weighted by atomic mass is 10.1. The zero-order valence-corrected chi connectivity index (χ0v) is 15.6. The number of nitrogens with zero attached hydrogens (tertiary/aromatic N) is 1. The van der Waals surface area contributed by atoms with Crippen LogP contribution in [-0.4, -0.2) is 42.4 Å². The van der Waals surface area contributed by atoms with Crippen molar-refractivity contribution in [1.82, 2.24) is 4.90 Å². The molecule has 0 aliphatic carbocycles. The molecule has 1 aliphatic rings. The van der Waals surface area contributed by atoms with Gasteiger partial charge in [0.25, 0.3) is 0 Å². The van der Waals surface area contributed by atoms with Crippen LogP contribution in [0.1, 0.15) is 45.6 Å². The highest BCUT2D eigenvalue weighted by molar-refractivity contribution is 6.30. The molecule has 0 N–H and O–H groups in total. The van der Waals surface area contributed by atoms with Crippen LogP contribution in [-0.2, 0) is 15.9 Å². The summed E-state index contributed by atoms with van der Waals surface area (Å²) in [6.45, 7) is 7.83. The van der Waals surface area contributed by atoms with E-state index in [1.807, 2.05) is 32.9 Å². The Balaban J connectivity index is 1.61. The summed E-state index contributed by atoms with van der Waals surface area (Å²) in [5, 5.41) is 0.770. The number of carbonyl (C=O) groups excluding carboxylic acids is 1. The zero-order valence-electron chi connectivity index (χ0n) is 14.9. The van der Waals surface area contributed by atoms with E-state index in [2.05, 4.69) is 12.1 Å². The minimum absolute atomic E-state index is 0.219. The van der Waals surface area contributed by atoms with Crippen molar-refractivity contribution >= 4 is 17.7 Å². The van der Waals surface area contributed by atoms with Crippen molar-refractivity contribution in [3.63, 3.8) is 0 Å². The summed E-state index contributed by atoms with van der Waals surface area (Å²) in [5.74, 6) is 0. The molecule has 1 saturated heterocycles. The fraction of sp³-hybridized carbons (Fsp3) is 0.632. The number of hydrogen-bond donors (Lipinski definition) is 0. The molecule has 2 rings (SSSR count). The molecule has 0 radical (unpaired) electrons. The largest absolute Gasteiger partial charge is 0.444 e. The van der Waals surface area contributed by atoms with Gasteiger partial charge in [-0.3, -0.25) is 0 Å². The predicted octanol–water partition coefficient (Wildman–Crippen LogP) is 4.69. The van der Waals surface area contributed by atoms with Gasteiger partial charge in [0.15, 0.2) is 0 Å². The van der Waals surface area contributed by atoms with Gasteiger partial charge in [-0.1, -0.05) is 23.7 Å². The molecule has 1 amide bonds. The van der Waals surface area contributed by atoms with Crippen LogP contribution in [0.2, 0.25) is 5.02 Å². The molecule has 0 atom stereocenters. The van der Waals surface area contributed by atoms with Crippen molar-refractivity contribution in [2.45, 2.75) is 58.2 Å². The van der Waals surface area contributed by atoms with Gasteiger partial charge in [0.2, 0.25) is 0 Å². The van der Waals surface area contributed by atoms with E-state index in [1.54, 1.807) is 4.90 Å². The molecular weight excluding hydrogens is 326 g/mol. The molecule has 4 nitrogen and oxygen atoms in total. The van der Waals surface area contributed by atoms with E-state index < -0.39 is 5.60 Å². The average Bonchev–Trinajstić information content (AvgIpc) is 2.52. The quantitative estimate of drug-likeness (QED) is 0.721. The molecule has 1 aliphatic heterocycles. The normalized spacial score (nSPS) is 16.2. The predicted molar refractivity (Wildman–Crippen MR) is 96.6 cm³/mol. The molecule has 0 saturated carbocycles. The third-order valence-corrected chi connectivity index (χ3v) is 4.22. The number of benzene rings is 1. The minimum Gasteiger partial charge on any atom is -0.444 e. The number of carbonyl (C=O) groups is 1. The topological polar surface area (TPSA) is 38.8 Å². The number of likely N-dealkylation sites (tertiary alicyclic amines) is 1. The van der Waals surface area contributed by atoms with E-state index in [0.29, 0.717) is 13.1 Å². The highest BCUT2D eigenvalue weighted by atomic mass is 35.5. The zero-order chi connectivity index (χ0) is 17.6. The van der Waals surface area contributed by atoms with Gasteiger partial charge < -0.3 is 14.4 Å². The van der Waals surface area contributed by atoms with Gasteiger partial charge in [0.1, 0.15) is 5.60 Å². The van der Waals surface area contributed by atoms with Crippen molar-refractivity contribution < 1.29 is 14.3 Å². The summed E-state index contributed by atoms with van der Waals surface area (Å²) in [5.41, 5.74) is 0.842. The lowest BCUT2D eigenvalue weighted by molar-refractivity contribution is -0.0117. The molecule has 134 valence electrons. The van der Waals surface area contributed by atoms with Crippen molar-refractivity contribution in [2.24, 2.45) is 0 Å². The van der Waals surface area contributed by atoms with Gasteiger partial charge >= 0.3 is 6.09 Å². The Morgan fingerprint density at radius 1 is 1.21 bits per heavy atom. The molecule has 1 fully saturated rings. The van der Waals surface area contributed by atoms with Crippen LogP contribution in [0.4, 0.5) is 4.79 Å². The number of rotatable bonds is 5. The third-order valence-electron chi connectivity index (χ3n) is 3.97. The summed E-state index contributed by atoms with van der Waals surface area (Å²) in [6.07, 6.45) is 3.76. The SMILES string of the molecule is CC(C)(C)OC(=O)N1CCC(OCCCc2ccc(Cl)cc2)CC1. The molecule has 0 spiro atoms. The highest BCUT2D eigenvalue weighted by Gasteiger charge is 2.26. The first-order chi connectivity index (χ1) is 11.3. The molecule has 1 heterocycles. The third kappa shape index (κ3) is 6.70. The Kier molecular flexibility index (Phi) is 6.93. The molecule has 1 aromatic carbocycles. The van der Waals surface area contributed by atoms with Crippen molar-refractivity contribution in [1.29, 1.82) is 0 Å². The van der Waals surface area contributed by atoms with E-state index in [-0.39, 0.29) is 12.2 Å². The summed E-state index contributed by atoms with van der Waals surface area (Å²) in [4.78, 5) is 13.8. The molecule has 5 heteroatoms. The standard InChI is InChI=1S/C19H28ClNO3/c1-19(2,3)24-18(22)21-12-10-17(11-13-21)23-14-4-5-15-6-8-16(20)9-7-15/h6-9,17H,4-5,10-14H2,1-3H3. The number of ether oxygens (including phenoxy) is 2. The van der Waals surface area contributed by atoms with Crippen LogP contribution in [0.15, 0.2) is 24.3 Å². The van der Waals surface area contributed by atoms with Gasteiger partial charge in [-0.2, -0.15) is 0 Å². The molecule has 24 heavy (non-hydrogen) atoms. The van der Waals surface area contributed by atoms with Gasteiger partial charge in [-0.05, 0) is 64.2 Å². The first-order valence-electron chi connectivity index (χ1n) is 8.67. The molecule has 0 aromatic heterocycles. The van der Waals surface area contributed by atoms with Crippen LogP contribution in [0.25, 0.3) is 0 Å². The average molecular weight is 354 g/mol. The number of amides is 1. The number of hydrogen-bond acceptors (Lipinski definition) is 3. The molecular formula is C19H28ClNO3. The second-order valence-corrected chi connectivity index (χ2v) is 7.70. The van der Waals surface area contributed by atoms with E-state index in [9.17, 15) is 4.79 Å². The maximum atomic E-state index is 12.0. The summed E-state index contributed by atoms with van der Waals surface area (Å²) < 4.78 is 11.4. The van der Waals surface area contributed by atoms with Gasteiger partial charge in [-0.15, -0.1) is 0 Å². The Morgan fingerprint density at radius 2 is 1.83 bits per heavy atom. The van der Waals surface area contributed by atoms with E-state index in [0.717, 1.165) is 37.3 Å². The first-order valence-corrected chi connectivity index (χ1v) is 9.05. The summed E-state index contributed by atoms with van der Waals surface area (Å²) in [6, 6.07) is 7.96. The van der Waals surface area contributed by atoms with Crippen LogP contribution < -0.4 is 0 Å². The summed E-state index contributed by atoms with van der Waals surface area (Å²) >= 11 is 5.88. The van der Waals surface area contributed by atoms with Gasteiger partial charge in [0.05, 0.1) is 6.10 Å².